The molecule has 0 spiro atoms. The molecule has 2 aliphatic rings. The zero-order valence-electron chi connectivity index (χ0n) is 29.6. The Morgan fingerprint density at radius 2 is 1.49 bits per heavy atom. The van der Waals surface area contributed by atoms with Gasteiger partial charge in [0.1, 0.15) is 0 Å². The maximum atomic E-state index is 12.9. The molecule has 0 aliphatic carbocycles. The van der Waals surface area contributed by atoms with E-state index >= 15 is 0 Å². The van der Waals surface area contributed by atoms with Crippen LogP contribution in [0, 0.1) is 0 Å². The monoisotopic (exact) mass is 708 g/mol. The van der Waals surface area contributed by atoms with Gasteiger partial charge in [-0.25, -0.2) is 4.79 Å². The normalized spacial score (nSPS) is 19.7. The smallest absolute Gasteiger partial charge is 0.326 e. The lowest BCUT2D eigenvalue weighted by molar-refractivity contribution is -0.253. The highest BCUT2D eigenvalue weighted by Crippen LogP contribution is 2.39. The van der Waals surface area contributed by atoms with E-state index in [-0.39, 0.29) is 36.5 Å². The second-order valence-corrected chi connectivity index (χ2v) is 14.0. The van der Waals surface area contributed by atoms with Gasteiger partial charge in [0.2, 0.25) is 0 Å². The van der Waals surface area contributed by atoms with Crippen LogP contribution in [0.15, 0.2) is 132 Å². The Labute approximate surface area is 308 Å². The summed E-state index contributed by atoms with van der Waals surface area (Å²) >= 11 is 0. The van der Waals surface area contributed by atoms with Crippen LogP contribution in [0.4, 0.5) is 0 Å². The molecule has 2 fully saturated rings. The van der Waals surface area contributed by atoms with E-state index < -0.39 is 6.29 Å². The van der Waals surface area contributed by atoms with Crippen LogP contribution in [0.3, 0.4) is 0 Å². The van der Waals surface area contributed by atoms with E-state index in [2.05, 4.69) is 45.5 Å². The Morgan fingerprint density at radius 1 is 0.792 bits per heavy atom. The summed E-state index contributed by atoms with van der Waals surface area (Å²) in [6, 6.07) is 41.7. The zero-order chi connectivity index (χ0) is 36.1. The van der Waals surface area contributed by atoms with Gasteiger partial charge in [-0.1, -0.05) is 103 Å². The van der Waals surface area contributed by atoms with Crippen LogP contribution in [0.2, 0.25) is 0 Å². The molecule has 2 saturated heterocycles. The standard InChI is InChI=1S/C44H44N4O5/c49-29-30-14-16-32(17-15-30)41-26-37(28-47-24-22-36(23-25-47)48-40-13-7-6-12-39(40)46-44(48)51)52-43(53-41)34-20-18-31(19-21-34)38-11-5-4-10-35(38)27-45-42(50)33-8-2-1-3-9-33/h1-21,36-37,41,43,49H,22-29H2,(H,45,50)(H,46,51). The number of hydrogen-bond acceptors (Lipinski definition) is 6. The second-order valence-electron chi connectivity index (χ2n) is 14.0. The highest BCUT2D eigenvalue weighted by atomic mass is 16.7. The number of fused-ring (bicyclic) bond motifs is 1. The number of nitrogens with one attached hydrogen (secondary N) is 2. The SMILES string of the molecule is O=C(NCc1ccccc1-c1ccc(C2OC(CN3CCC(n4c(=O)[nH]c5ccccc54)CC3)CC(c3ccc(CO)cc3)O2)cc1)c1ccccc1. The van der Waals surface area contributed by atoms with Crippen molar-refractivity contribution in [3.05, 3.63) is 166 Å². The van der Waals surface area contributed by atoms with Crippen LogP contribution < -0.4 is 11.0 Å². The summed E-state index contributed by atoms with van der Waals surface area (Å²) in [6.07, 6.45) is 1.67. The molecule has 0 bridgehead atoms. The number of carbonyl (C=O) groups excluding carboxylic acids is 1. The number of aliphatic hydroxyl groups excluding tert-OH is 1. The molecule has 6 aromatic rings. The number of piperidine rings is 1. The first kappa shape index (κ1) is 34.7. The van der Waals surface area contributed by atoms with Gasteiger partial charge >= 0.3 is 5.69 Å². The Bertz CT molecular complexity index is 2210. The molecule has 0 saturated carbocycles. The van der Waals surface area contributed by atoms with Crippen LogP contribution >= 0.6 is 0 Å². The molecule has 1 amide bonds. The van der Waals surface area contributed by atoms with Gasteiger partial charge in [-0.2, -0.15) is 0 Å². The average molecular weight is 709 g/mol. The van der Waals surface area contributed by atoms with Crippen LogP contribution in [-0.2, 0) is 22.6 Å². The van der Waals surface area contributed by atoms with Crippen LogP contribution in [0.5, 0.6) is 0 Å². The third-order valence-corrected chi connectivity index (χ3v) is 10.6. The molecule has 53 heavy (non-hydrogen) atoms. The average Bonchev–Trinajstić information content (AvgIpc) is 3.56. The van der Waals surface area contributed by atoms with Crippen molar-refractivity contribution in [2.75, 3.05) is 19.6 Å². The van der Waals surface area contributed by atoms with Crippen molar-refractivity contribution in [2.45, 2.75) is 57.0 Å². The summed E-state index contributed by atoms with van der Waals surface area (Å²) in [4.78, 5) is 31.1. The fourth-order valence-electron chi connectivity index (χ4n) is 7.76. The first-order chi connectivity index (χ1) is 26.0. The maximum Gasteiger partial charge on any atom is 0.326 e. The summed E-state index contributed by atoms with van der Waals surface area (Å²) < 4.78 is 15.3. The number of benzene rings is 5. The number of aromatic nitrogens is 2. The van der Waals surface area contributed by atoms with Gasteiger partial charge in [-0.05, 0) is 64.9 Å². The largest absolute Gasteiger partial charge is 0.392 e. The van der Waals surface area contributed by atoms with Crippen molar-refractivity contribution in [3.63, 3.8) is 0 Å². The van der Waals surface area contributed by atoms with Crippen molar-refractivity contribution in [3.8, 4) is 11.1 Å². The minimum absolute atomic E-state index is 0.00430. The lowest BCUT2D eigenvalue weighted by Crippen LogP contribution is -2.43. The van der Waals surface area contributed by atoms with Gasteiger partial charge in [-0.15, -0.1) is 0 Å². The predicted molar refractivity (Wildman–Crippen MR) is 205 cm³/mol. The summed E-state index contributed by atoms with van der Waals surface area (Å²) in [5.74, 6) is -0.105. The van der Waals surface area contributed by atoms with Gasteiger partial charge in [0.05, 0.1) is 29.8 Å². The molecule has 3 atom stereocenters. The molecule has 9 heteroatoms. The molecule has 5 aromatic carbocycles. The first-order valence-corrected chi connectivity index (χ1v) is 18.5. The quantitative estimate of drug-likeness (QED) is 0.138. The highest BCUT2D eigenvalue weighted by Gasteiger charge is 2.34. The highest BCUT2D eigenvalue weighted by molar-refractivity contribution is 5.94. The number of amides is 1. The van der Waals surface area contributed by atoms with Gasteiger partial charge < -0.3 is 29.8 Å². The molecular weight excluding hydrogens is 665 g/mol. The number of para-hydroxylation sites is 2. The number of carbonyl (C=O) groups is 1. The van der Waals surface area contributed by atoms with Crippen LogP contribution in [0.1, 0.15) is 70.3 Å². The maximum absolute atomic E-state index is 12.9. The fraction of sp³-hybridized carbons (Fsp3) is 0.273. The van der Waals surface area contributed by atoms with E-state index in [0.717, 1.165) is 76.9 Å². The third kappa shape index (κ3) is 7.75. The number of rotatable bonds is 10. The summed E-state index contributed by atoms with van der Waals surface area (Å²) in [7, 11) is 0. The number of aromatic amines is 1. The van der Waals surface area contributed by atoms with E-state index in [1.165, 1.54) is 0 Å². The molecule has 3 N–H and O–H groups in total. The lowest BCUT2D eigenvalue weighted by Gasteiger charge is -2.40. The number of ether oxygens (including phenoxy) is 2. The number of imidazole rings is 1. The van der Waals surface area contributed by atoms with Crippen molar-refractivity contribution < 1.29 is 19.4 Å². The molecule has 270 valence electrons. The minimum atomic E-state index is -0.562. The fourth-order valence-corrected chi connectivity index (χ4v) is 7.76. The summed E-state index contributed by atoms with van der Waals surface area (Å²) in [5, 5.41) is 12.7. The van der Waals surface area contributed by atoms with E-state index in [1.54, 1.807) is 0 Å². The number of aliphatic hydroxyl groups is 1. The van der Waals surface area contributed by atoms with E-state index in [4.69, 9.17) is 9.47 Å². The third-order valence-electron chi connectivity index (χ3n) is 10.6. The first-order valence-electron chi connectivity index (χ1n) is 18.5. The molecular formula is C44H44N4O5. The number of nitrogens with zero attached hydrogens (tertiary/aromatic N) is 2. The molecule has 8 rings (SSSR count). The van der Waals surface area contributed by atoms with E-state index in [1.807, 2.05) is 102 Å². The van der Waals surface area contributed by atoms with Crippen molar-refractivity contribution in [2.24, 2.45) is 0 Å². The van der Waals surface area contributed by atoms with Gasteiger partial charge in [0.15, 0.2) is 6.29 Å². The van der Waals surface area contributed by atoms with Crippen molar-refractivity contribution in [1.82, 2.24) is 19.8 Å². The summed E-state index contributed by atoms with van der Waals surface area (Å²) in [6.45, 7) is 2.92. The van der Waals surface area contributed by atoms with Crippen LogP contribution in [-0.4, -0.2) is 51.2 Å². The Morgan fingerprint density at radius 3 is 2.26 bits per heavy atom. The lowest BCUT2D eigenvalue weighted by atomic mass is 9.97. The molecule has 2 aliphatic heterocycles. The Hall–Kier alpha value is -5.32. The van der Waals surface area contributed by atoms with E-state index in [0.29, 0.717) is 18.5 Å². The molecule has 1 aromatic heterocycles. The van der Waals surface area contributed by atoms with E-state index in [9.17, 15) is 14.7 Å². The van der Waals surface area contributed by atoms with Crippen LogP contribution in [0.25, 0.3) is 22.2 Å². The zero-order valence-corrected chi connectivity index (χ0v) is 29.6. The topological polar surface area (TPSA) is 109 Å². The Kier molecular flexibility index (Phi) is 10.3. The van der Waals surface area contributed by atoms with Gasteiger partial charge in [0.25, 0.3) is 5.91 Å². The number of hydrogen-bond donors (Lipinski definition) is 3. The number of H-pyrrole nitrogens is 1. The molecule has 3 unspecified atom stereocenters. The molecule has 0 radical (unpaired) electrons. The second kappa shape index (κ2) is 15.7. The summed E-state index contributed by atoms with van der Waals surface area (Å²) in [5.41, 5.74) is 8.41. The van der Waals surface area contributed by atoms with Gasteiger partial charge in [0, 0.05) is 49.8 Å². The molecule has 3 heterocycles. The Balaban J connectivity index is 0.970. The minimum Gasteiger partial charge on any atom is -0.392 e. The molecule has 9 nitrogen and oxygen atoms in total. The number of likely N-dealkylation sites (tertiary alicyclic amines) is 1. The van der Waals surface area contributed by atoms with Crippen molar-refractivity contribution in [1.29, 1.82) is 0 Å². The van der Waals surface area contributed by atoms with Crippen molar-refractivity contribution >= 4 is 16.9 Å². The predicted octanol–water partition coefficient (Wildman–Crippen LogP) is 7.30. The van der Waals surface area contributed by atoms with Gasteiger partial charge in [-0.3, -0.25) is 9.36 Å².